The van der Waals surface area contributed by atoms with Crippen molar-refractivity contribution in [2.45, 2.75) is 37.7 Å². The highest BCUT2D eigenvalue weighted by Crippen LogP contribution is 2.37. The summed E-state index contributed by atoms with van der Waals surface area (Å²) < 4.78 is 93.2. The maximum atomic E-state index is 13.0. The number of aliphatic hydroxyl groups is 2. The lowest BCUT2D eigenvalue weighted by molar-refractivity contribution is -0.138. The Morgan fingerprint density at radius 2 is 0.965 bits per heavy atom. The van der Waals surface area contributed by atoms with Crippen molar-refractivity contribution in [3.63, 3.8) is 0 Å². The maximum absolute atomic E-state index is 13.0. The number of nitrogens with one attached hydrogen (secondary N) is 2. The van der Waals surface area contributed by atoms with Crippen molar-refractivity contribution in [3.8, 4) is 46.5 Å². The number of fused-ring (bicyclic) bond motifs is 4. The van der Waals surface area contributed by atoms with E-state index in [2.05, 4.69) is 76.4 Å². The normalized spacial score (nSPS) is 11.5. The summed E-state index contributed by atoms with van der Waals surface area (Å²) in [4.78, 5) is 6.34. The number of nitriles is 2. The van der Waals surface area contributed by atoms with Gasteiger partial charge in [-0.1, -0.05) is 84.9 Å². The lowest BCUT2D eigenvalue weighted by Gasteiger charge is -2.12. The summed E-state index contributed by atoms with van der Waals surface area (Å²) in [6.07, 6.45) is 3.68. The number of halogens is 6. The van der Waals surface area contributed by atoms with Crippen molar-refractivity contribution >= 4 is 43.6 Å². The predicted molar refractivity (Wildman–Crippen MR) is 320 cm³/mol. The van der Waals surface area contributed by atoms with Crippen LogP contribution in [0.15, 0.2) is 238 Å². The van der Waals surface area contributed by atoms with Crippen molar-refractivity contribution in [3.05, 3.63) is 277 Å². The van der Waals surface area contributed by atoms with Crippen molar-refractivity contribution in [2.75, 3.05) is 6.61 Å². The molecule has 426 valence electrons. The van der Waals surface area contributed by atoms with Crippen molar-refractivity contribution < 1.29 is 46.0 Å². The second-order valence-electron chi connectivity index (χ2n) is 19.4. The molecule has 0 aliphatic rings. The fourth-order valence-electron chi connectivity index (χ4n) is 9.65. The van der Waals surface area contributed by atoms with E-state index in [1.165, 1.54) is 45.1 Å². The van der Waals surface area contributed by atoms with Gasteiger partial charge in [0.05, 0.1) is 58.1 Å². The molecule has 0 spiro atoms. The highest BCUT2D eigenvalue weighted by molar-refractivity contribution is 5.87. The van der Waals surface area contributed by atoms with Gasteiger partial charge in [0.15, 0.2) is 0 Å². The molecule has 8 aromatic carbocycles. The van der Waals surface area contributed by atoms with E-state index in [0.29, 0.717) is 17.9 Å². The summed E-state index contributed by atoms with van der Waals surface area (Å²) in [7, 11) is 0. The lowest BCUT2D eigenvalue weighted by atomic mass is 10.1. The minimum absolute atomic E-state index is 0.124. The van der Waals surface area contributed by atoms with Gasteiger partial charge in [-0.2, -0.15) is 36.9 Å². The molecule has 85 heavy (non-hydrogen) atoms. The van der Waals surface area contributed by atoms with E-state index in [1.54, 1.807) is 48.5 Å². The number of hydrogen-bond acceptors (Lipinski definition) is 6. The van der Waals surface area contributed by atoms with Gasteiger partial charge >= 0.3 is 12.4 Å². The summed E-state index contributed by atoms with van der Waals surface area (Å²) in [5, 5.41) is 41.8. The number of ether oxygens (including phenoxy) is 2. The molecule has 1 atom stereocenters. The first-order chi connectivity index (χ1) is 41.1. The van der Waals surface area contributed by atoms with E-state index in [1.807, 2.05) is 108 Å². The molecule has 0 bridgehead atoms. The van der Waals surface area contributed by atoms with Gasteiger partial charge in [-0.05, 0) is 150 Å². The molecule has 10 nitrogen and oxygen atoms in total. The standard InChI is InChI=1S/C25H19F3N2O3.C25H17F3N2O.C11H11N.C8H7N/c26-25(27,28)23-10-9-21(12-16(23)13-29)33-20-7-5-18(6-8-20)30-14-17(11-19(32)15-31)22-3-1-2-4-24(22)30;1-2-5-17-16-30(24-7-4-3-6-22(17)24)19-8-10-20(11-9-19)31-21-12-13-23(25(26,27)28)18(14-21)15-29;1-2-5-9-8-12-11-7-4-3-6-10(9)11;1-2-4-8-7(3-1)5-6-9-8/h1-10,12,14,19,31-32H,11,15H2;2-4,6-14,16H,1,5H2;2-4,6-8,12H,1,5H2;1-6,9H/t19-;;;/m0.../s1. The van der Waals surface area contributed by atoms with E-state index in [4.69, 9.17) is 20.0 Å². The molecule has 0 amide bonds. The Morgan fingerprint density at radius 1 is 0.518 bits per heavy atom. The van der Waals surface area contributed by atoms with Crippen LogP contribution in [0.4, 0.5) is 26.3 Å². The second-order valence-corrected chi connectivity index (χ2v) is 19.4. The van der Waals surface area contributed by atoms with Gasteiger partial charge in [-0.15, -0.1) is 13.2 Å². The first-order valence-electron chi connectivity index (χ1n) is 26.6. The zero-order valence-corrected chi connectivity index (χ0v) is 45.4. The molecule has 12 aromatic rings. The van der Waals surface area contributed by atoms with Gasteiger partial charge < -0.3 is 38.8 Å². The Bertz CT molecular complexity index is 4320. The first-order valence-corrected chi connectivity index (χ1v) is 26.6. The number of benzene rings is 8. The Hall–Kier alpha value is -10.5. The van der Waals surface area contributed by atoms with Crippen LogP contribution < -0.4 is 9.47 Å². The number of H-pyrrole nitrogens is 2. The summed E-state index contributed by atoms with van der Waals surface area (Å²) in [5.74, 6) is 1.14. The number of rotatable bonds is 13. The zero-order valence-electron chi connectivity index (χ0n) is 45.4. The summed E-state index contributed by atoms with van der Waals surface area (Å²) in [6.45, 7) is 7.22. The fourth-order valence-corrected chi connectivity index (χ4v) is 9.65. The van der Waals surface area contributed by atoms with Crippen LogP contribution in [0.2, 0.25) is 0 Å². The summed E-state index contributed by atoms with van der Waals surface area (Å²) in [6, 6.07) is 57.9. The third kappa shape index (κ3) is 14.2. The van der Waals surface area contributed by atoms with Crippen LogP contribution in [0.5, 0.6) is 23.0 Å². The van der Waals surface area contributed by atoms with E-state index in [9.17, 15) is 36.6 Å². The summed E-state index contributed by atoms with van der Waals surface area (Å²) >= 11 is 0. The average molecular weight is 1150 g/mol. The number of aromatic nitrogens is 4. The molecule has 0 aliphatic carbocycles. The van der Waals surface area contributed by atoms with E-state index < -0.39 is 40.7 Å². The minimum Gasteiger partial charge on any atom is -0.457 e. The van der Waals surface area contributed by atoms with Crippen molar-refractivity contribution in [1.29, 1.82) is 10.5 Å². The Labute approximate surface area is 485 Å². The van der Waals surface area contributed by atoms with Gasteiger partial charge in [0.25, 0.3) is 0 Å². The van der Waals surface area contributed by atoms with Gasteiger partial charge in [0.2, 0.25) is 0 Å². The number of hydrogen-bond donors (Lipinski definition) is 4. The molecule has 16 heteroatoms. The SMILES string of the molecule is C=CCc1c[nH]c2ccccc12.C=CCc1cn(-c2ccc(Oc3ccc(C(F)(F)F)c(C#N)c3)cc2)c2ccccc12.N#Cc1cc(Oc2ccc(-n3cc(C[C@H](O)CO)c4ccccc43)cc2)ccc1C(F)(F)F.c1ccc2[nH]ccc2c1. The maximum Gasteiger partial charge on any atom is 0.417 e. The van der Waals surface area contributed by atoms with E-state index in [0.717, 1.165) is 75.9 Å². The highest BCUT2D eigenvalue weighted by Gasteiger charge is 2.34. The number of alkyl halides is 6. The topological polar surface area (TPSA) is 148 Å². The number of aromatic amines is 2. The van der Waals surface area contributed by atoms with Crippen LogP contribution in [0.1, 0.15) is 38.9 Å². The second kappa shape index (κ2) is 26.6. The third-order valence-corrected chi connectivity index (χ3v) is 13.7. The minimum atomic E-state index is -4.61. The van der Waals surface area contributed by atoms with Gasteiger partial charge in [-0.25, -0.2) is 0 Å². The van der Waals surface area contributed by atoms with Crippen LogP contribution in [-0.4, -0.2) is 42.0 Å². The largest absolute Gasteiger partial charge is 0.457 e. The van der Waals surface area contributed by atoms with Crippen LogP contribution >= 0.6 is 0 Å². The van der Waals surface area contributed by atoms with E-state index in [-0.39, 0.29) is 18.1 Å². The van der Waals surface area contributed by atoms with E-state index >= 15 is 0 Å². The number of para-hydroxylation sites is 4. The van der Waals surface area contributed by atoms with Crippen molar-refractivity contribution in [1.82, 2.24) is 19.1 Å². The monoisotopic (exact) mass is 1140 g/mol. The van der Waals surface area contributed by atoms with Gasteiger partial charge in [-0.3, -0.25) is 0 Å². The molecule has 0 saturated heterocycles. The van der Waals surface area contributed by atoms with Gasteiger partial charge in [0, 0.05) is 69.8 Å². The highest BCUT2D eigenvalue weighted by atomic mass is 19.4. The number of allylic oxidation sites excluding steroid dienone is 2. The molecule has 4 heterocycles. The summed E-state index contributed by atoms with van der Waals surface area (Å²) in [5.41, 5.74) is 6.54. The molecule has 0 radical (unpaired) electrons. The van der Waals surface area contributed by atoms with Crippen LogP contribution in [-0.2, 0) is 31.6 Å². The fraction of sp³-hybridized carbons (Fsp3) is 0.101. The zero-order chi connectivity index (χ0) is 60.1. The predicted octanol–water partition coefficient (Wildman–Crippen LogP) is 17.3. The van der Waals surface area contributed by atoms with Crippen LogP contribution in [0.3, 0.4) is 0 Å². The van der Waals surface area contributed by atoms with Crippen molar-refractivity contribution in [2.24, 2.45) is 0 Å². The molecule has 12 rings (SSSR count). The average Bonchev–Trinajstić information content (AvgIpc) is 4.55. The molecule has 4 N–H and O–H groups in total. The van der Waals surface area contributed by atoms with Gasteiger partial charge in [0.1, 0.15) is 23.0 Å². The number of aliphatic hydroxyl groups excluding tert-OH is 2. The molecule has 0 aliphatic heterocycles. The van der Waals surface area contributed by atoms with Crippen LogP contribution in [0.25, 0.3) is 55.0 Å². The number of nitrogens with zero attached hydrogens (tertiary/aromatic N) is 4. The molecule has 0 fully saturated rings. The Kier molecular flexibility index (Phi) is 18.5. The molecule has 0 saturated carbocycles. The smallest absolute Gasteiger partial charge is 0.417 e. The molecular weight excluding hydrogens is 1090 g/mol. The third-order valence-electron chi connectivity index (χ3n) is 13.7. The van der Waals surface area contributed by atoms with Crippen LogP contribution in [0, 0.1) is 22.7 Å². The first kappa shape index (κ1) is 59.1. The molecule has 0 unspecified atom stereocenters. The molecular formula is C69H54F6N6O4. The Balaban J connectivity index is 0.000000152. The Morgan fingerprint density at radius 3 is 1.46 bits per heavy atom. The quantitative estimate of drug-likeness (QED) is 0.0667. The molecule has 4 aromatic heterocycles. The lowest BCUT2D eigenvalue weighted by Crippen LogP contribution is -2.14.